The molecule has 0 bridgehead atoms. The zero-order valence-electron chi connectivity index (χ0n) is 17.5. The van der Waals surface area contributed by atoms with Crippen LogP contribution in [0.4, 0.5) is 5.13 Å². The molecule has 9 heteroatoms. The van der Waals surface area contributed by atoms with Crippen LogP contribution in [0.3, 0.4) is 0 Å². The van der Waals surface area contributed by atoms with Gasteiger partial charge in [0.1, 0.15) is 10.6 Å². The van der Waals surface area contributed by atoms with Crippen LogP contribution in [0.1, 0.15) is 36.8 Å². The summed E-state index contributed by atoms with van der Waals surface area (Å²) in [6, 6.07) is 9.56. The summed E-state index contributed by atoms with van der Waals surface area (Å²) < 4.78 is 28.3. The Morgan fingerprint density at radius 1 is 1.17 bits per heavy atom. The molecule has 3 aromatic rings. The molecule has 1 N–H and O–H groups in total. The quantitative estimate of drug-likeness (QED) is 0.567. The van der Waals surface area contributed by atoms with Gasteiger partial charge in [-0.3, -0.25) is 10.1 Å². The van der Waals surface area contributed by atoms with Gasteiger partial charge in [0.2, 0.25) is 10.0 Å². The van der Waals surface area contributed by atoms with Crippen molar-refractivity contribution in [3.05, 3.63) is 53.2 Å². The summed E-state index contributed by atoms with van der Waals surface area (Å²) in [6.45, 7) is 6.42. The number of amides is 1. The summed E-state index contributed by atoms with van der Waals surface area (Å²) in [4.78, 5) is 17.3. The van der Waals surface area contributed by atoms with Crippen molar-refractivity contribution in [2.24, 2.45) is 7.05 Å². The van der Waals surface area contributed by atoms with Gasteiger partial charge >= 0.3 is 0 Å². The lowest BCUT2D eigenvalue weighted by molar-refractivity contribution is 0.101. The van der Waals surface area contributed by atoms with Crippen molar-refractivity contribution in [2.75, 3.05) is 18.4 Å². The van der Waals surface area contributed by atoms with Gasteiger partial charge in [0.25, 0.3) is 5.91 Å². The van der Waals surface area contributed by atoms with E-state index in [0.717, 1.165) is 17.7 Å². The fraction of sp³-hybridized carbons (Fsp3) is 0.333. The van der Waals surface area contributed by atoms with Crippen LogP contribution < -0.4 is 5.32 Å². The molecule has 0 radical (unpaired) electrons. The Morgan fingerprint density at radius 3 is 2.43 bits per heavy atom. The minimum Gasteiger partial charge on any atom is -0.345 e. The first-order valence-electron chi connectivity index (χ1n) is 9.82. The van der Waals surface area contributed by atoms with Gasteiger partial charge in [-0.2, -0.15) is 4.31 Å². The molecule has 0 saturated heterocycles. The molecule has 0 unspecified atom stereocenters. The van der Waals surface area contributed by atoms with Crippen molar-refractivity contribution < 1.29 is 13.2 Å². The molecule has 2 aromatic heterocycles. The summed E-state index contributed by atoms with van der Waals surface area (Å²) in [5.41, 5.74) is 3.27. The maximum absolute atomic E-state index is 12.7. The average Bonchev–Trinajstić information content (AvgIpc) is 3.36. The normalized spacial score (nSPS) is 11.8. The monoisotopic (exact) mass is 446 g/mol. The molecule has 7 nitrogen and oxygen atoms in total. The number of sulfonamides is 1. The second kappa shape index (κ2) is 9.11. The summed E-state index contributed by atoms with van der Waals surface area (Å²) in [5, 5.41) is 5.12. The van der Waals surface area contributed by atoms with E-state index in [9.17, 15) is 13.2 Å². The van der Waals surface area contributed by atoms with Gasteiger partial charge in [0, 0.05) is 37.3 Å². The molecule has 0 saturated carbocycles. The average molecular weight is 447 g/mol. The van der Waals surface area contributed by atoms with E-state index < -0.39 is 15.9 Å². The van der Waals surface area contributed by atoms with Gasteiger partial charge in [-0.25, -0.2) is 13.4 Å². The molecule has 0 fully saturated rings. The molecule has 0 atom stereocenters. The fourth-order valence-corrected chi connectivity index (χ4v) is 5.39. The van der Waals surface area contributed by atoms with Crippen LogP contribution in [0.5, 0.6) is 0 Å². The van der Waals surface area contributed by atoms with E-state index in [1.54, 1.807) is 20.9 Å². The summed E-state index contributed by atoms with van der Waals surface area (Å²) in [5.74, 6) is -0.402. The smallest absolute Gasteiger partial charge is 0.274 e. The number of carbonyl (C=O) groups excluding carboxylic acids is 1. The summed E-state index contributed by atoms with van der Waals surface area (Å²) >= 11 is 1.33. The maximum atomic E-state index is 12.7. The molecule has 0 spiro atoms. The number of carbonyl (C=O) groups is 1. The highest BCUT2D eigenvalue weighted by Crippen LogP contribution is 2.26. The lowest BCUT2D eigenvalue weighted by atomic mass is 10.1. The maximum Gasteiger partial charge on any atom is 0.274 e. The lowest BCUT2D eigenvalue weighted by Gasteiger charge is -2.17. The molecule has 0 aliphatic rings. The van der Waals surface area contributed by atoms with Crippen molar-refractivity contribution in [1.29, 1.82) is 0 Å². The predicted molar refractivity (Wildman–Crippen MR) is 120 cm³/mol. The Labute approximate surface area is 181 Å². The minimum atomic E-state index is -3.63. The molecule has 0 aliphatic heterocycles. The van der Waals surface area contributed by atoms with Gasteiger partial charge in [0.15, 0.2) is 5.13 Å². The van der Waals surface area contributed by atoms with Crippen LogP contribution in [0.25, 0.3) is 11.3 Å². The van der Waals surface area contributed by atoms with Crippen LogP contribution in [-0.4, -0.2) is 41.3 Å². The number of thiazole rings is 1. The first-order chi connectivity index (χ1) is 14.3. The molecule has 160 valence electrons. The van der Waals surface area contributed by atoms with Crippen LogP contribution in [0.15, 0.2) is 46.8 Å². The Balaban J connectivity index is 1.78. The molecule has 2 heterocycles. The van der Waals surface area contributed by atoms with E-state index in [0.29, 0.717) is 18.2 Å². The number of hydrogen-bond acceptors (Lipinski definition) is 5. The van der Waals surface area contributed by atoms with E-state index >= 15 is 0 Å². The van der Waals surface area contributed by atoms with Crippen molar-refractivity contribution in [3.63, 3.8) is 0 Å². The van der Waals surface area contributed by atoms with Gasteiger partial charge in [-0.1, -0.05) is 45.0 Å². The van der Waals surface area contributed by atoms with Crippen LogP contribution in [-0.2, 0) is 23.5 Å². The van der Waals surface area contributed by atoms with Crippen LogP contribution in [0, 0.1) is 0 Å². The Bertz CT molecular complexity index is 1130. The van der Waals surface area contributed by atoms with Crippen LogP contribution in [0.2, 0.25) is 0 Å². The zero-order valence-corrected chi connectivity index (χ0v) is 19.2. The molecule has 30 heavy (non-hydrogen) atoms. The van der Waals surface area contributed by atoms with Crippen molar-refractivity contribution in [1.82, 2.24) is 13.9 Å². The Morgan fingerprint density at radius 2 is 1.83 bits per heavy atom. The number of aromatic nitrogens is 2. The largest absolute Gasteiger partial charge is 0.345 e. The highest BCUT2D eigenvalue weighted by atomic mass is 32.2. The number of anilines is 1. The first-order valence-corrected chi connectivity index (χ1v) is 12.1. The third-order valence-electron chi connectivity index (χ3n) is 4.94. The summed E-state index contributed by atoms with van der Waals surface area (Å²) in [6.07, 6.45) is 2.44. The van der Waals surface area contributed by atoms with Gasteiger partial charge < -0.3 is 4.57 Å². The Hall–Kier alpha value is -2.49. The third kappa shape index (κ3) is 4.48. The van der Waals surface area contributed by atoms with Crippen molar-refractivity contribution in [3.8, 4) is 11.3 Å². The van der Waals surface area contributed by atoms with Crippen molar-refractivity contribution >= 4 is 32.4 Å². The Kier molecular flexibility index (Phi) is 6.74. The van der Waals surface area contributed by atoms with E-state index in [2.05, 4.69) is 29.4 Å². The number of nitrogens with one attached hydrogen (secondary N) is 1. The first kappa shape index (κ1) is 22.2. The van der Waals surface area contributed by atoms with Crippen LogP contribution >= 0.6 is 11.3 Å². The second-order valence-electron chi connectivity index (χ2n) is 6.80. The highest BCUT2D eigenvalue weighted by molar-refractivity contribution is 7.89. The summed E-state index contributed by atoms with van der Waals surface area (Å²) in [7, 11) is -1.98. The number of nitrogens with zero attached hydrogens (tertiary/aromatic N) is 3. The second-order valence-corrected chi connectivity index (χ2v) is 9.60. The molecule has 1 amide bonds. The lowest BCUT2D eigenvalue weighted by Crippen LogP contribution is -2.30. The van der Waals surface area contributed by atoms with E-state index in [4.69, 9.17) is 0 Å². The number of aryl methyl sites for hydroxylation is 2. The highest BCUT2D eigenvalue weighted by Gasteiger charge is 2.25. The van der Waals surface area contributed by atoms with E-state index in [1.807, 2.05) is 17.5 Å². The predicted octanol–water partition coefficient (Wildman–Crippen LogP) is 3.99. The molecule has 1 aromatic carbocycles. The van der Waals surface area contributed by atoms with E-state index in [-0.39, 0.29) is 10.6 Å². The molecular formula is C21H26N4O3S2. The zero-order chi connectivity index (χ0) is 21.9. The fourth-order valence-electron chi connectivity index (χ4n) is 3.15. The number of hydrogen-bond donors (Lipinski definition) is 1. The number of benzene rings is 1. The topological polar surface area (TPSA) is 84.3 Å². The van der Waals surface area contributed by atoms with Crippen molar-refractivity contribution in [2.45, 2.75) is 32.1 Å². The minimum absolute atomic E-state index is 0.106. The number of rotatable bonds is 8. The molecular weight excluding hydrogens is 420 g/mol. The SMILES string of the molecule is CCc1ccc(-c2csc(NC(=O)c3cc(S(=O)(=O)N(CC)CC)cn3C)n2)cc1. The van der Waals surface area contributed by atoms with Gasteiger partial charge in [0.05, 0.1) is 5.69 Å². The van der Waals surface area contributed by atoms with Gasteiger partial charge in [-0.05, 0) is 18.1 Å². The van der Waals surface area contributed by atoms with E-state index in [1.165, 1.54) is 38.0 Å². The van der Waals surface area contributed by atoms with Gasteiger partial charge in [-0.15, -0.1) is 11.3 Å². The molecule has 0 aliphatic carbocycles. The molecule has 3 rings (SSSR count). The standard InChI is InChI=1S/C21H26N4O3S2/c1-5-15-8-10-16(11-9-15)18-14-29-21(22-18)23-20(26)19-12-17(13-24(19)4)30(27,28)25(6-2)7-3/h8-14H,5-7H2,1-4H3,(H,22,23,26). The third-order valence-corrected chi connectivity index (χ3v) is 7.71.